The van der Waals surface area contributed by atoms with Crippen LogP contribution in [0.4, 0.5) is 0 Å². The van der Waals surface area contributed by atoms with Crippen LogP contribution in [0.5, 0.6) is 0 Å². The highest BCUT2D eigenvalue weighted by Crippen LogP contribution is 2.25. The lowest BCUT2D eigenvalue weighted by atomic mass is 9.89. The van der Waals surface area contributed by atoms with Crippen LogP contribution in [0.1, 0.15) is 310 Å². The van der Waals surface area contributed by atoms with Gasteiger partial charge in [-0.2, -0.15) is 0 Å². The third-order valence-corrected chi connectivity index (χ3v) is 11.9. The van der Waals surface area contributed by atoms with Crippen molar-refractivity contribution in [1.82, 2.24) is 24.5 Å². The van der Waals surface area contributed by atoms with Crippen LogP contribution < -0.4 is 0 Å². The van der Waals surface area contributed by atoms with Crippen molar-refractivity contribution in [3.05, 3.63) is 0 Å². The van der Waals surface area contributed by atoms with E-state index < -0.39 is 0 Å². The first-order valence-electron chi connectivity index (χ1n) is 32.2. The molecular formula is C64H155N5. The summed E-state index contributed by atoms with van der Waals surface area (Å²) >= 11 is 0. The van der Waals surface area contributed by atoms with Crippen molar-refractivity contribution in [1.29, 1.82) is 0 Å². The zero-order chi connectivity index (χ0) is 56.5. The van der Waals surface area contributed by atoms with Gasteiger partial charge in [-0.15, -0.1) is 0 Å². The van der Waals surface area contributed by atoms with E-state index >= 15 is 0 Å². The molecule has 2 fully saturated rings. The van der Waals surface area contributed by atoms with Gasteiger partial charge in [0.2, 0.25) is 0 Å². The van der Waals surface area contributed by atoms with E-state index in [0.717, 1.165) is 17.8 Å². The minimum Gasteiger partial charge on any atom is -0.304 e. The minimum absolute atomic E-state index is 0.848. The van der Waals surface area contributed by atoms with Crippen molar-refractivity contribution in [3.63, 3.8) is 0 Å². The zero-order valence-corrected chi connectivity index (χ0v) is 55.9. The Hall–Kier alpha value is -0.200. The molecule has 0 spiro atoms. The Morgan fingerprint density at radius 2 is 0.522 bits per heavy atom. The van der Waals surface area contributed by atoms with Gasteiger partial charge in [0.25, 0.3) is 0 Å². The molecule has 5 nitrogen and oxygen atoms in total. The van der Waals surface area contributed by atoms with Gasteiger partial charge in [-0.1, -0.05) is 265 Å². The first-order chi connectivity index (χ1) is 33.6. The van der Waals surface area contributed by atoms with E-state index in [1.165, 1.54) is 201 Å². The van der Waals surface area contributed by atoms with E-state index in [0.29, 0.717) is 0 Å². The summed E-state index contributed by atoms with van der Waals surface area (Å²) in [5.41, 5.74) is 0. The van der Waals surface area contributed by atoms with E-state index in [4.69, 9.17) is 0 Å². The molecule has 0 amide bonds. The van der Waals surface area contributed by atoms with Gasteiger partial charge in [0, 0.05) is 13.1 Å². The smallest absolute Gasteiger partial charge is 0.000942 e. The average Bonchev–Trinajstić information content (AvgIpc) is 3.44. The van der Waals surface area contributed by atoms with Crippen molar-refractivity contribution in [2.24, 2.45) is 17.8 Å². The molecule has 0 bridgehead atoms. The number of hydrogen-bond acceptors (Lipinski definition) is 5. The summed E-state index contributed by atoms with van der Waals surface area (Å²) < 4.78 is 0. The zero-order valence-electron chi connectivity index (χ0n) is 55.9. The fourth-order valence-electron chi connectivity index (χ4n) is 7.46. The summed E-state index contributed by atoms with van der Waals surface area (Å²) in [5, 5.41) is 0. The maximum absolute atomic E-state index is 2.57. The van der Waals surface area contributed by atoms with Crippen molar-refractivity contribution >= 4 is 0 Å². The largest absolute Gasteiger partial charge is 0.304 e. The summed E-state index contributed by atoms with van der Waals surface area (Å²) in [6.07, 6.45) is 22.9. The normalized spacial score (nSPS) is 12.3. The number of unbranched alkanes of at least 4 members (excludes halogenated alkanes) is 3. The molecule has 2 aliphatic rings. The van der Waals surface area contributed by atoms with Crippen LogP contribution in [-0.2, 0) is 0 Å². The van der Waals surface area contributed by atoms with Crippen molar-refractivity contribution in [2.75, 3.05) is 98.2 Å². The van der Waals surface area contributed by atoms with Crippen LogP contribution in [0.25, 0.3) is 0 Å². The molecule has 0 heterocycles. The molecule has 436 valence electrons. The molecule has 0 aromatic heterocycles. The molecule has 0 saturated heterocycles. The second kappa shape index (κ2) is 101. The summed E-state index contributed by atoms with van der Waals surface area (Å²) in [7, 11) is 0. The van der Waals surface area contributed by atoms with E-state index in [1.807, 2.05) is 111 Å². The quantitative estimate of drug-likeness (QED) is 0.0893. The van der Waals surface area contributed by atoms with Gasteiger partial charge in [-0.3, -0.25) is 0 Å². The first-order valence-corrected chi connectivity index (χ1v) is 32.2. The Labute approximate surface area is 449 Å². The fraction of sp³-hybridized carbons (Fsp3) is 1.00. The molecule has 0 radical (unpaired) electrons. The molecule has 5 heteroatoms. The third kappa shape index (κ3) is 87.9. The molecular weight excluding hydrogens is 839 g/mol. The summed E-state index contributed by atoms with van der Waals surface area (Å²) in [5.74, 6) is 2.87. The molecule has 2 saturated carbocycles. The summed E-state index contributed by atoms with van der Waals surface area (Å²) in [6.45, 7) is 82.2. The Kier molecular flexibility index (Phi) is 138. The van der Waals surface area contributed by atoms with Crippen LogP contribution >= 0.6 is 0 Å². The molecule has 0 aromatic rings. The Morgan fingerprint density at radius 3 is 0.739 bits per heavy atom. The topological polar surface area (TPSA) is 16.2 Å². The Balaban J connectivity index is -0.0000000631. The maximum Gasteiger partial charge on any atom is 0.000942 e. The second-order valence-electron chi connectivity index (χ2n) is 16.3. The molecule has 2 rings (SSSR count). The van der Waals surface area contributed by atoms with Crippen LogP contribution in [0.3, 0.4) is 0 Å². The summed E-state index contributed by atoms with van der Waals surface area (Å²) in [6, 6.07) is 0. The number of hydrogen-bond donors (Lipinski definition) is 0. The average molecular weight is 995 g/mol. The van der Waals surface area contributed by atoms with Gasteiger partial charge in [0.15, 0.2) is 0 Å². The third-order valence-electron chi connectivity index (χ3n) is 11.9. The second-order valence-corrected chi connectivity index (χ2v) is 16.3. The lowest BCUT2D eigenvalue weighted by molar-refractivity contribution is 0.216. The maximum atomic E-state index is 2.57. The van der Waals surface area contributed by atoms with Crippen molar-refractivity contribution in [3.8, 4) is 0 Å². The van der Waals surface area contributed by atoms with Gasteiger partial charge in [0.05, 0.1) is 0 Å². The van der Waals surface area contributed by atoms with E-state index in [-0.39, 0.29) is 0 Å². The van der Waals surface area contributed by atoms with E-state index in [2.05, 4.69) is 121 Å². The van der Waals surface area contributed by atoms with E-state index in [9.17, 15) is 0 Å². The van der Waals surface area contributed by atoms with Crippen LogP contribution in [0.15, 0.2) is 0 Å². The number of nitrogens with zero attached hydrogens (tertiary/aromatic N) is 5. The van der Waals surface area contributed by atoms with Gasteiger partial charge >= 0.3 is 0 Å². The predicted molar refractivity (Wildman–Crippen MR) is 337 cm³/mol. The van der Waals surface area contributed by atoms with Crippen LogP contribution in [0.2, 0.25) is 0 Å². The highest BCUT2D eigenvalue weighted by molar-refractivity contribution is 4.70. The molecule has 0 aliphatic heterocycles. The Bertz CT molecular complexity index is 600. The molecule has 69 heavy (non-hydrogen) atoms. The SMILES string of the molecule is CC.CC.CC.CC.CC.CC.CC.CC.CCCCCN(CC)CC.CCCCN(CC)CC.CCN(CC)CC1CCCCC1.CCN(CC)CC1CCCCC1.CCN(CC)CCC(C)C. The lowest BCUT2D eigenvalue weighted by Gasteiger charge is -2.27. The predicted octanol–water partition coefficient (Wildman–Crippen LogP) is 21.0. The number of rotatable bonds is 24. The highest BCUT2D eigenvalue weighted by atomic mass is 15.1. The molecule has 0 atom stereocenters. The van der Waals surface area contributed by atoms with E-state index in [1.54, 1.807) is 0 Å². The van der Waals surface area contributed by atoms with Crippen LogP contribution in [0, 0.1) is 17.8 Å². The molecule has 0 unspecified atom stereocenters. The van der Waals surface area contributed by atoms with Gasteiger partial charge in [-0.25, -0.2) is 0 Å². The molecule has 0 aromatic carbocycles. The summed E-state index contributed by atoms with van der Waals surface area (Å²) in [4.78, 5) is 12.5. The molecule has 2 aliphatic carbocycles. The van der Waals surface area contributed by atoms with Gasteiger partial charge < -0.3 is 24.5 Å². The highest BCUT2D eigenvalue weighted by Gasteiger charge is 2.16. The van der Waals surface area contributed by atoms with Crippen LogP contribution in [-0.4, -0.2) is 123 Å². The monoisotopic (exact) mass is 994 g/mol. The Morgan fingerprint density at radius 1 is 0.290 bits per heavy atom. The minimum atomic E-state index is 0.848. The standard InChI is InChI=1S/2C11H23N.2C9H21N.C8H19N.8C2H6/c2*1-3-12(4-2)10-11-8-6-5-7-9-11;1-5-10(6-2)8-7-9(3)4;1-4-7-8-9-10(5-2)6-3;1-4-7-8-9(5-2)6-3;8*1-2/h2*11H,3-10H2,1-2H3;9H,5-8H2,1-4H3;4-9H2,1-3H3;4-8H2,1-3H3;8*1-2H3. The van der Waals surface area contributed by atoms with Gasteiger partial charge in [0.1, 0.15) is 0 Å². The van der Waals surface area contributed by atoms with Gasteiger partial charge in [-0.05, 0) is 148 Å². The van der Waals surface area contributed by atoms with Crippen molar-refractivity contribution in [2.45, 2.75) is 310 Å². The van der Waals surface area contributed by atoms with Crippen molar-refractivity contribution < 1.29 is 0 Å². The fourth-order valence-corrected chi connectivity index (χ4v) is 7.46. The first kappa shape index (κ1) is 94.7. The lowest BCUT2D eigenvalue weighted by Crippen LogP contribution is -2.30. The molecule has 0 N–H and O–H groups in total.